The summed E-state index contributed by atoms with van der Waals surface area (Å²) >= 11 is 0. The van der Waals surface area contributed by atoms with E-state index in [1.54, 1.807) is 0 Å². The minimum absolute atomic E-state index is 0.233. The second kappa shape index (κ2) is 5.78. The van der Waals surface area contributed by atoms with Gasteiger partial charge in [0.2, 0.25) is 0 Å². The molecule has 126 valence electrons. The van der Waals surface area contributed by atoms with Gasteiger partial charge in [-0.2, -0.15) is 8.42 Å². The lowest BCUT2D eigenvalue weighted by atomic mass is 9.98. The lowest BCUT2D eigenvalue weighted by molar-refractivity contribution is -0.343. The molecule has 9 heteroatoms. The molecule has 0 bridgehead atoms. The Hall–Kier alpha value is -1.07. The monoisotopic (exact) mass is 344 g/mol. The van der Waals surface area contributed by atoms with Crippen LogP contribution in [0.1, 0.15) is 11.9 Å². The van der Waals surface area contributed by atoms with Crippen molar-refractivity contribution in [1.82, 2.24) is 0 Å². The van der Waals surface area contributed by atoms with Crippen molar-refractivity contribution < 1.29 is 35.7 Å². The van der Waals surface area contributed by atoms with E-state index in [1.807, 2.05) is 30.3 Å². The average molecular weight is 344 g/mol. The van der Waals surface area contributed by atoms with Gasteiger partial charge in [0.1, 0.15) is 18.3 Å². The second-order valence-electron chi connectivity index (χ2n) is 5.49. The number of methoxy groups -OCH3 is 1. The average Bonchev–Trinajstić information content (AvgIpc) is 2.90. The molecule has 4 rings (SSSR count). The lowest BCUT2D eigenvalue weighted by Crippen LogP contribution is -2.61. The van der Waals surface area contributed by atoms with Crippen LogP contribution in [0.2, 0.25) is 0 Å². The van der Waals surface area contributed by atoms with Crippen LogP contribution in [0.5, 0.6) is 0 Å². The highest BCUT2D eigenvalue weighted by atomic mass is 32.3. The highest BCUT2D eigenvalue weighted by Crippen LogP contribution is 2.40. The maximum Gasteiger partial charge on any atom is 0.400 e. The van der Waals surface area contributed by atoms with Gasteiger partial charge in [0.25, 0.3) is 0 Å². The third-order valence-corrected chi connectivity index (χ3v) is 4.96. The van der Waals surface area contributed by atoms with E-state index in [2.05, 4.69) is 0 Å². The Kier molecular flexibility index (Phi) is 3.88. The fourth-order valence-corrected chi connectivity index (χ4v) is 4.03. The minimum Gasteiger partial charge on any atom is -0.353 e. The molecule has 3 unspecified atom stereocenters. The topological polar surface area (TPSA) is 89.5 Å². The van der Waals surface area contributed by atoms with Crippen LogP contribution in [0.15, 0.2) is 30.3 Å². The summed E-state index contributed by atoms with van der Waals surface area (Å²) in [4.78, 5) is 0. The van der Waals surface area contributed by atoms with Crippen molar-refractivity contribution in [3.63, 3.8) is 0 Å². The van der Waals surface area contributed by atoms with E-state index in [4.69, 9.17) is 27.3 Å². The Labute approximate surface area is 133 Å². The number of fused-ring (bicyclic) bond motifs is 3. The van der Waals surface area contributed by atoms with Gasteiger partial charge in [-0.05, 0) is 0 Å². The molecule has 3 aliphatic heterocycles. The number of hydrogen-bond donors (Lipinski definition) is 0. The zero-order valence-corrected chi connectivity index (χ0v) is 13.0. The van der Waals surface area contributed by atoms with Crippen molar-refractivity contribution in [3.8, 4) is 0 Å². The van der Waals surface area contributed by atoms with Gasteiger partial charge in [-0.15, -0.1) is 0 Å². The number of rotatable bonds is 2. The molecule has 1 aromatic rings. The Morgan fingerprint density at radius 2 is 1.78 bits per heavy atom. The van der Waals surface area contributed by atoms with E-state index in [9.17, 15) is 8.42 Å². The summed E-state index contributed by atoms with van der Waals surface area (Å²) in [6, 6.07) is 9.36. The van der Waals surface area contributed by atoms with E-state index in [1.165, 1.54) is 7.11 Å². The third kappa shape index (κ3) is 2.78. The van der Waals surface area contributed by atoms with E-state index in [-0.39, 0.29) is 6.61 Å². The molecular weight excluding hydrogens is 328 g/mol. The van der Waals surface area contributed by atoms with Gasteiger partial charge in [-0.1, -0.05) is 30.3 Å². The third-order valence-electron chi connectivity index (χ3n) is 4.05. The van der Waals surface area contributed by atoms with E-state index in [0.717, 1.165) is 5.56 Å². The van der Waals surface area contributed by atoms with Crippen molar-refractivity contribution in [2.45, 2.75) is 37.0 Å². The molecule has 0 amide bonds. The van der Waals surface area contributed by atoms with Crippen LogP contribution in [-0.2, 0) is 37.7 Å². The highest BCUT2D eigenvalue weighted by Gasteiger charge is 2.58. The molecule has 0 N–H and O–H groups in total. The number of ether oxygens (including phenoxy) is 4. The van der Waals surface area contributed by atoms with Crippen molar-refractivity contribution >= 4 is 10.4 Å². The molecule has 1 aromatic carbocycles. The van der Waals surface area contributed by atoms with Crippen molar-refractivity contribution in [1.29, 1.82) is 0 Å². The van der Waals surface area contributed by atoms with Gasteiger partial charge in [0.15, 0.2) is 18.7 Å². The van der Waals surface area contributed by atoms with Crippen LogP contribution >= 0.6 is 0 Å². The predicted molar refractivity (Wildman–Crippen MR) is 74.3 cm³/mol. The smallest absolute Gasteiger partial charge is 0.353 e. The summed E-state index contributed by atoms with van der Waals surface area (Å²) < 4.78 is 55.7. The Balaban J connectivity index is 1.59. The maximum atomic E-state index is 11.6. The summed E-state index contributed by atoms with van der Waals surface area (Å²) in [5.41, 5.74) is 0.832. The van der Waals surface area contributed by atoms with Gasteiger partial charge in [0, 0.05) is 12.7 Å². The molecule has 23 heavy (non-hydrogen) atoms. The molecular formula is C14H16O8S. The quantitative estimate of drug-likeness (QED) is 0.766. The van der Waals surface area contributed by atoms with Crippen LogP contribution in [0.25, 0.3) is 0 Å². The molecule has 3 fully saturated rings. The van der Waals surface area contributed by atoms with Gasteiger partial charge >= 0.3 is 10.4 Å². The van der Waals surface area contributed by atoms with Gasteiger partial charge < -0.3 is 18.9 Å². The molecule has 0 spiro atoms. The van der Waals surface area contributed by atoms with Crippen molar-refractivity contribution in [3.05, 3.63) is 35.9 Å². The van der Waals surface area contributed by atoms with Crippen LogP contribution in [0.3, 0.4) is 0 Å². The van der Waals surface area contributed by atoms with Gasteiger partial charge in [0.05, 0.1) is 6.61 Å². The number of hydrogen-bond acceptors (Lipinski definition) is 8. The molecule has 8 nitrogen and oxygen atoms in total. The van der Waals surface area contributed by atoms with Crippen LogP contribution in [0.4, 0.5) is 0 Å². The predicted octanol–water partition coefficient (Wildman–Crippen LogP) is 0.501. The van der Waals surface area contributed by atoms with Crippen molar-refractivity contribution in [2.75, 3.05) is 13.7 Å². The first-order valence-corrected chi connectivity index (χ1v) is 8.52. The molecule has 3 aliphatic rings. The largest absolute Gasteiger partial charge is 0.400 e. The highest BCUT2D eigenvalue weighted by molar-refractivity contribution is 7.82. The van der Waals surface area contributed by atoms with Crippen molar-refractivity contribution in [2.24, 2.45) is 0 Å². The zero-order valence-electron chi connectivity index (χ0n) is 12.2. The Morgan fingerprint density at radius 1 is 1.04 bits per heavy atom. The maximum absolute atomic E-state index is 11.6. The summed E-state index contributed by atoms with van der Waals surface area (Å²) in [5, 5.41) is 0. The molecule has 6 atom stereocenters. The Morgan fingerprint density at radius 3 is 2.52 bits per heavy atom. The van der Waals surface area contributed by atoms with Crippen LogP contribution < -0.4 is 0 Å². The summed E-state index contributed by atoms with van der Waals surface area (Å²) in [7, 11) is -2.67. The SMILES string of the molecule is CO[C@H]1OC2COC(c3ccccc3)O[C@H]2[C@@H]2OS(=O)(=O)OC12. The molecule has 3 heterocycles. The number of benzene rings is 1. The normalized spacial score (nSPS) is 42.0. The first-order valence-electron chi connectivity index (χ1n) is 7.19. The molecule has 0 radical (unpaired) electrons. The lowest BCUT2D eigenvalue weighted by Gasteiger charge is -2.44. The first-order chi connectivity index (χ1) is 11.1. The van der Waals surface area contributed by atoms with E-state index >= 15 is 0 Å². The summed E-state index contributed by atoms with van der Waals surface area (Å²) in [6.45, 7) is 0.233. The minimum atomic E-state index is -4.09. The molecule has 3 saturated heterocycles. The molecule has 0 aromatic heterocycles. The first kappa shape index (κ1) is 15.5. The van der Waals surface area contributed by atoms with Crippen LogP contribution in [0, 0.1) is 0 Å². The fraction of sp³-hybridized carbons (Fsp3) is 0.571. The van der Waals surface area contributed by atoms with E-state index in [0.29, 0.717) is 0 Å². The van der Waals surface area contributed by atoms with Crippen LogP contribution in [-0.4, -0.2) is 52.8 Å². The fourth-order valence-electron chi connectivity index (χ4n) is 3.02. The summed E-state index contributed by atoms with van der Waals surface area (Å²) in [6.07, 6.45) is -4.35. The molecule has 0 saturated carbocycles. The zero-order chi connectivity index (χ0) is 16.0. The Bertz CT molecular complexity index is 663. The van der Waals surface area contributed by atoms with E-state index < -0.39 is 47.4 Å². The second-order valence-corrected chi connectivity index (χ2v) is 6.69. The van der Waals surface area contributed by atoms with Gasteiger partial charge in [-0.25, -0.2) is 8.37 Å². The standard InChI is InChI=1S/C14H16O8S/c1-17-14-12-11(21-23(15,16)22-12)10-9(19-14)7-18-13(20-10)8-5-3-2-4-6-8/h2-6,9-14H,7H2,1H3/t9?,10-,11+,12?,13?,14+/m1/s1. The molecule has 0 aliphatic carbocycles. The van der Waals surface area contributed by atoms with Gasteiger partial charge in [-0.3, -0.25) is 0 Å². The summed E-state index contributed by atoms with van der Waals surface area (Å²) in [5.74, 6) is 0.